The summed E-state index contributed by atoms with van der Waals surface area (Å²) in [5, 5.41) is 7.65. The maximum atomic E-state index is 13.2. The maximum Gasteiger partial charge on any atom is 0.408 e. The van der Waals surface area contributed by atoms with Crippen LogP contribution in [0.15, 0.2) is 23.1 Å². The van der Waals surface area contributed by atoms with Crippen molar-refractivity contribution in [1.82, 2.24) is 20.9 Å². The van der Waals surface area contributed by atoms with Gasteiger partial charge in [0, 0.05) is 32.2 Å². The van der Waals surface area contributed by atoms with E-state index in [1.807, 2.05) is 13.8 Å². The highest BCUT2D eigenvalue weighted by atomic mass is 16.6. The van der Waals surface area contributed by atoms with E-state index < -0.39 is 53.2 Å². The second kappa shape index (κ2) is 12.8. The zero-order valence-electron chi connectivity index (χ0n) is 20.8. The van der Waals surface area contributed by atoms with E-state index in [1.54, 1.807) is 26.8 Å². The summed E-state index contributed by atoms with van der Waals surface area (Å²) in [6.45, 7) is 9.99. The van der Waals surface area contributed by atoms with Crippen LogP contribution in [0.5, 0.6) is 0 Å². The predicted molar refractivity (Wildman–Crippen MR) is 125 cm³/mol. The molecular formula is C23H36N4O7. The Hall–Kier alpha value is -3.37. The van der Waals surface area contributed by atoms with Crippen LogP contribution in [0.25, 0.3) is 0 Å². The van der Waals surface area contributed by atoms with E-state index >= 15 is 0 Å². The normalized spacial score (nSPS) is 13.9. The van der Waals surface area contributed by atoms with E-state index in [2.05, 4.69) is 20.9 Å². The summed E-state index contributed by atoms with van der Waals surface area (Å²) >= 11 is 0. The first-order valence-corrected chi connectivity index (χ1v) is 11.1. The van der Waals surface area contributed by atoms with Crippen LogP contribution in [0.3, 0.4) is 0 Å². The van der Waals surface area contributed by atoms with Crippen LogP contribution in [0.4, 0.5) is 4.79 Å². The molecule has 0 saturated carbocycles. The Morgan fingerprint density at radius 1 is 1.09 bits per heavy atom. The van der Waals surface area contributed by atoms with E-state index in [1.165, 1.54) is 19.3 Å². The van der Waals surface area contributed by atoms with E-state index in [4.69, 9.17) is 9.47 Å². The molecule has 11 nitrogen and oxygen atoms in total. The molecule has 3 amide bonds. The summed E-state index contributed by atoms with van der Waals surface area (Å²) in [4.78, 5) is 64.5. The number of amides is 3. The first kappa shape index (κ1) is 28.7. The van der Waals surface area contributed by atoms with Gasteiger partial charge in [-0.2, -0.15) is 0 Å². The number of rotatable bonds is 10. The molecule has 0 aliphatic heterocycles. The van der Waals surface area contributed by atoms with Crippen molar-refractivity contribution in [2.24, 2.45) is 5.92 Å². The standard InChI is InChI=1S/C23H36N4O7/c1-13(2)11-17(27-22(32)34-23(4,5)6)20(30)26-16(12-15-9-8-10-25-19(15)29)18(21(31)24-7)33-14(3)28/h8-10,13,16-18H,11-12H2,1-7H3,(H,24,31)(H,25,29)(H,26,30)(H,27,32)/t16-,17-,18?/m0/s1. The zero-order valence-corrected chi connectivity index (χ0v) is 20.8. The number of nitrogens with one attached hydrogen (secondary N) is 4. The summed E-state index contributed by atoms with van der Waals surface area (Å²) in [6.07, 6.45) is -0.555. The van der Waals surface area contributed by atoms with Gasteiger partial charge in [-0.3, -0.25) is 19.2 Å². The van der Waals surface area contributed by atoms with Gasteiger partial charge in [-0.1, -0.05) is 19.9 Å². The average Bonchev–Trinajstić information content (AvgIpc) is 2.70. The summed E-state index contributed by atoms with van der Waals surface area (Å²) in [6, 6.07) is 1.06. The van der Waals surface area contributed by atoms with Crippen molar-refractivity contribution in [3.8, 4) is 0 Å². The van der Waals surface area contributed by atoms with Gasteiger partial charge in [0.15, 0.2) is 6.10 Å². The fourth-order valence-corrected chi connectivity index (χ4v) is 3.16. The number of carbonyl (C=O) groups is 4. The fraction of sp³-hybridized carbons (Fsp3) is 0.609. The number of hydrogen-bond donors (Lipinski definition) is 4. The first-order valence-electron chi connectivity index (χ1n) is 11.1. The number of likely N-dealkylation sites (N-methyl/N-ethyl adjacent to an activating group) is 1. The Kier molecular flexibility index (Phi) is 10.8. The smallest absolute Gasteiger partial charge is 0.408 e. The van der Waals surface area contributed by atoms with Crippen molar-refractivity contribution in [2.45, 2.75) is 78.2 Å². The maximum absolute atomic E-state index is 13.2. The molecule has 1 unspecified atom stereocenters. The topological polar surface area (TPSA) is 156 Å². The van der Waals surface area contributed by atoms with Gasteiger partial charge < -0.3 is 30.4 Å². The molecule has 1 rings (SSSR count). The minimum absolute atomic E-state index is 0.0318. The Morgan fingerprint density at radius 2 is 1.74 bits per heavy atom. The van der Waals surface area contributed by atoms with Crippen molar-refractivity contribution in [2.75, 3.05) is 7.05 Å². The molecule has 11 heteroatoms. The van der Waals surface area contributed by atoms with Gasteiger partial charge in [0.05, 0.1) is 6.04 Å². The molecule has 190 valence electrons. The lowest BCUT2D eigenvalue weighted by Crippen LogP contribution is -2.57. The molecule has 1 aromatic rings. The lowest BCUT2D eigenvalue weighted by molar-refractivity contribution is -0.156. The number of carbonyl (C=O) groups excluding carboxylic acids is 4. The van der Waals surface area contributed by atoms with E-state index in [9.17, 15) is 24.0 Å². The van der Waals surface area contributed by atoms with Crippen LogP contribution in [0.2, 0.25) is 0 Å². The van der Waals surface area contributed by atoms with Crippen LogP contribution >= 0.6 is 0 Å². The quantitative estimate of drug-likeness (QED) is 0.364. The number of esters is 1. The van der Waals surface area contributed by atoms with Gasteiger partial charge in [0.25, 0.3) is 11.5 Å². The van der Waals surface area contributed by atoms with Crippen molar-refractivity contribution < 1.29 is 28.7 Å². The van der Waals surface area contributed by atoms with E-state index in [0.717, 1.165) is 6.92 Å². The van der Waals surface area contributed by atoms with Crippen LogP contribution in [-0.4, -0.2) is 59.7 Å². The number of ether oxygens (including phenoxy) is 2. The van der Waals surface area contributed by atoms with Gasteiger partial charge >= 0.3 is 12.1 Å². The number of aromatic amines is 1. The third kappa shape index (κ3) is 10.1. The minimum atomic E-state index is -1.41. The molecule has 0 radical (unpaired) electrons. The highest BCUT2D eigenvalue weighted by molar-refractivity contribution is 5.88. The van der Waals surface area contributed by atoms with E-state index in [-0.39, 0.29) is 24.3 Å². The minimum Gasteiger partial charge on any atom is -0.450 e. The lowest BCUT2D eigenvalue weighted by atomic mass is 9.99. The van der Waals surface area contributed by atoms with Gasteiger partial charge in [-0.05, 0) is 39.2 Å². The highest BCUT2D eigenvalue weighted by Gasteiger charge is 2.35. The Labute approximate surface area is 199 Å². The number of H-pyrrole nitrogens is 1. The number of pyridine rings is 1. The molecule has 1 heterocycles. The van der Waals surface area contributed by atoms with Gasteiger partial charge in [-0.15, -0.1) is 0 Å². The average molecular weight is 481 g/mol. The molecule has 0 aliphatic carbocycles. The van der Waals surface area contributed by atoms with Gasteiger partial charge in [-0.25, -0.2) is 4.79 Å². The lowest BCUT2D eigenvalue weighted by Gasteiger charge is -2.29. The monoisotopic (exact) mass is 480 g/mol. The second-order valence-electron chi connectivity index (χ2n) is 9.32. The van der Waals surface area contributed by atoms with Crippen molar-refractivity contribution in [3.05, 3.63) is 34.2 Å². The molecular weight excluding hydrogens is 444 g/mol. The molecule has 0 saturated heterocycles. The molecule has 0 aliphatic rings. The molecule has 0 fully saturated rings. The van der Waals surface area contributed by atoms with Crippen LogP contribution in [0.1, 0.15) is 53.5 Å². The molecule has 34 heavy (non-hydrogen) atoms. The molecule has 4 N–H and O–H groups in total. The fourth-order valence-electron chi connectivity index (χ4n) is 3.16. The second-order valence-corrected chi connectivity index (χ2v) is 9.32. The largest absolute Gasteiger partial charge is 0.450 e. The van der Waals surface area contributed by atoms with Crippen LogP contribution in [0, 0.1) is 5.92 Å². The molecule has 0 spiro atoms. The highest BCUT2D eigenvalue weighted by Crippen LogP contribution is 2.12. The van der Waals surface area contributed by atoms with Crippen LogP contribution < -0.4 is 21.5 Å². The number of hydrogen-bond acceptors (Lipinski definition) is 7. The van der Waals surface area contributed by atoms with E-state index in [0.29, 0.717) is 0 Å². The Balaban J connectivity index is 3.26. The van der Waals surface area contributed by atoms with Crippen molar-refractivity contribution in [1.29, 1.82) is 0 Å². The predicted octanol–water partition coefficient (Wildman–Crippen LogP) is 1.02. The Bertz CT molecular complexity index is 920. The summed E-state index contributed by atoms with van der Waals surface area (Å²) < 4.78 is 10.5. The SMILES string of the molecule is CNC(=O)C(OC(C)=O)[C@H](Cc1ccc[nH]c1=O)NC(=O)[C@H](CC(C)C)NC(=O)OC(C)(C)C. The summed E-state index contributed by atoms with van der Waals surface area (Å²) in [7, 11) is 1.36. The zero-order chi connectivity index (χ0) is 26.1. The third-order valence-electron chi connectivity index (χ3n) is 4.54. The molecule has 1 aromatic heterocycles. The third-order valence-corrected chi connectivity index (χ3v) is 4.54. The Morgan fingerprint density at radius 3 is 2.24 bits per heavy atom. The van der Waals surface area contributed by atoms with Crippen molar-refractivity contribution >= 4 is 23.9 Å². The van der Waals surface area contributed by atoms with Gasteiger partial charge in [0.1, 0.15) is 11.6 Å². The summed E-state index contributed by atoms with van der Waals surface area (Å²) in [5.74, 6) is -1.98. The number of aromatic nitrogens is 1. The van der Waals surface area contributed by atoms with Crippen molar-refractivity contribution in [3.63, 3.8) is 0 Å². The molecule has 0 aromatic carbocycles. The molecule has 3 atom stereocenters. The molecule has 0 bridgehead atoms. The van der Waals surface area contributed by atoms with Crippen LogP contribution in [-0.2, 0) is 30.3 Å². The number of alkyl carbamates (subject to hydrolysis) is 1. The van der Waals surface area contributed by atoms with Gasteiger partial charge in [0.2, 0.25) is 5.91 Å². The summed E-state index contributed by atoms with van der Waals surface area (Å²) in [5.41, 5.74) is -0.903. The first-order chi connectivity index (χ1) is 15.7.